The summed E-state index contributed by atoms with van der Waals surface area (Å²) in [7, 11) is 0. The molecule has 3 aliphatic rings. The molecule has 2 aromatic rings. The normalized spacial score (nSPS) is 18.4. The van der Waals surface area contributed by atoms with E-state index in [1.54, 1.807) is 17.9 Å². The van der Waals surface area contributed by atoms with E-state index in [2.05, 4.69) is 9.88 Å². The van der Waals surface area contributed by atoms with E-state index in [9.17, 15) is 14.4 Å². The van der Waals surface area contributed by atoms with Crippen LogP contribution in [0.15, 0.2) is 23.0 Å². The number of aromatic amines is 1. The number of nitrogens with one attached hydrogen (secondary N) is 1. The third-order valence-corrected chi connectivity index (χ3v) is 7.64. The van der Waals surface area contributed by atoms with Crippen LogP contribution in [0.5, 0.6) is 0 Å². The predicted molar refractivity (Wildman–Crippen MR) is 141 cm³/mol. The summed E-state index contributed by atoms with van der Waals surface area (Å²) in [6, 6.07) is 5.42. The van der Waals surface area contributed by atoms with Crippen molar-refractivity contribution in [1.82, 2.24) is 9.97 Å². The second kappa shape index (κ2) is 9.50. The van der Waals surface area contributed by atoms with Gasteiger partial charge in [0.2, 0.25) is 5.95 Å². The van der Waals surface area contributed by atoms with Crippen LogP contribution in [0.25, 0.3) is 0 Å². The molecule has 1 aliphatic carbocycles. The number of anilines is 2. The molecule has 0 unspecified atom stereocenters. The fraction of sp³-hybridized carbons (Fsp3) is 0.571. The minimum absolute atomic E-state index is 0.0265. The molecule has 0 radical (unpaired) electrons. The molecular weight excluding hydrogens is 472 g/mol. The lowest BCUT2D eigenvalue weighted by Crippen LogP contribution is -2.47. The highest BCUT2D eigenvalue weighted by molar-refractivity contribution is 5.95. The van der Waals surface area contributed by atoms with E-state index in [1.807, 2.05) is 32.9 Å². The van der Waals surface area contributed by atoms with Gasteiger partial charge in [-0.15, -0.1) is 0 Å². The molecular formula is C28H36N4O5. The minimum Gasteiger partial charge on any atom is -0.462 e. The summed E-state index contributed by atoms with van der Waals surface area (Å²) in [4.78, 5) is 50.1. The van der Waals surface area contributed by atoms with Crippen molar-refractivity contribution in [2.24, 2.45) is 0 Å². The quantitative estimate of drug-likeness (QED) is 0.622. The molecule has 9 nitrogen and oxygen atoms in total. The molecule has 1 spiro atoms. The van der Waals surface area contributed by atoms with Crippen LogP contribution in [0.4, 0.5) is 16.4 Å². The lowest BCUT2D eigenvalue weighted by atomic mass is 9.74. The van der Waals surface area contributed by atoms with E-state index < -0.39 is 11.7 Å². The van der Waals surface area contributed by atoms with Gasteiger partial charge < -0.3 is 14.4 Å². The number of amides is 1. The highest BCUT2D eigenvalue weighted by Crippen LogP contribution is 2.48. The fourth-order valence-corrected chi connectivity index (χ4v) is 5.80. The number of aromatic nitrogens is 2. The number of carbonyl (C=O) groups excluding carboxylic acids is 2. The first-order valence-electron chi connectivity index (χ1n) is 13.3. The van der Waals surface area contributed by atoms with Crippen molar-refractivity contribution in [2.75, 3.05) is 36.0 Å². The van der Waals surface area contributed by atoms with Crippen molar-refractivity contribution < 1.29 is 19.1 Å². The van der Waals surface area contributed by atoms with Crippen molar-refractivity contribution in [3.63, 3.8) is 0 Å². The first-order chi connectivity index (χ1) is 17.6. The maximum Gasteiger partial charge on any atom is 0.414 e. The molecule has 0 saturated carbocycles. The third kappa shape index (κ3) is 4.83. The van der Waals surface area contributed by atoms with Crippen LogP contribution in [0.3, 0.4) is 0 Å². The minimum atomic E-state index is -0.620. The number of hydrogen-bond acceptors (Lipinski definition) is 7. The van der Waals surface area contributed by atoms with E-state index in [-0.39, 0.29) is 16.9 Å². The van der Waals surface area contributed by atoms with Crippen LogP contribution in [-0.2, 0) is 27.7 Å². The Balaban J connectivity index is 1.44. The Morgan fingerprint density at radius 3 is 2.57 bits per heavy atom. The fourth-order valence-electron chi connectivity index (χ4n) is 5.80. The van der Waals surface area contributed by atoms with Crippen molar-refractivity contribution in [3.05, 3.63) is 50.9 Å². The van der Waals surface area contributed by atoms with Crippen LogP contribution in [0, 0.1) is 0 Å². The van der Waals surface area contributed by atoms with E-state index in [1.165, 1.54) is 0 Å². The molecule has 3 heterocycles. The number of H-pyrrole nitrogens is 1. The number of fused-ring (bicyclic) bond motifs is 3. The van der Waals surface area contributed by atoms with Crippen LogP contribution in [-0.4, -0.2) is 53.9 Å². The molecule has 0 bridgehead atoms. The zero-order chi connectivity index (χ0) is 26.4. The highest BCUT2D eigenvalue weighted by Gasteiger charge is 2.48. The van der Waals surface area contributed by atoms with Gasteiger partial charge in [0.25, 0.3) is 5.56 Å². The van der Waals surface area contributed by atoms with Gasteiger partial charge in [-0.25, -0.2) is 14.6 Å². The Morgan fingerprint density at radius 1 is 1.14 bits per heavy atom. The average Bonchev–Trinajstić information content (AvgIpc) is 3.17. The van der Waals surface area contributed by atoms with Crippen molar-refractivity contribution >= 4 is 23.7 Å². The van der Waals surface area contributed by atoms with E-state index in [4.69, 9.17) is 14.5 Å². The first-order valence-corrected chi connectivity index (χ1v) is 13.3. The number of benzene rings is 1. The van der Waals surface area contributed by atoms with Crippen molar-refractivity contribution in [1.29, 1.82) is 0 Å². The summed E-state index contributed by atoms with van der Waals surface area (Å²) in [5, 5.41) is 0. The summed E-state index contributed by atoms with van der Waals surface area (Å²) in [5.74, 6) is 0.257. The monoisotopic (exact) mass is 508 g/mol. The van der Waals surface area contributed by atoms with Gasteiger partial charge in [0.05, 0.1) is 23.6 Å². The van der Waals surface area contributed by atoms with Crippen LogP contribution < -0.4 is 15.4 Å². The first kappa shape index (κ1) is 25.3. The smallest absolute Gasteiger partial charge is 0.414 e. The van der Waals surface area contributed by atoms with Gasteiger partial charge in [0, 0.05) is 30.6 Å². The number of hydrogen-bond donors (Lipinski definition) is 1. The number of esters is 1. The Morgan fingerprint density at radius 2 is 1.86 bits per heavy atom. The average molecular weight is 509 g/mol. The highest BCUT2D eigenvalue weighted by atomic mass is 16.6. The van der Waals surface area contributed by atoms with Gasteiger partial charge in [0.15, 0.2) is 0 Å². The zero-order valence-corrected chi connectivity index (χ0v) is 22.2. The molecule has 1 saturated heterocycles. The summed E-state index contributed by atoms with van der Waals surface area (Å²) in [5.41, 5.74) is 2.99. The predicted octanol–water partition coefficient (Wildman–Crippen LogP) is 4.12. The van der Waals surface area contributed by atoms with Crippen molar-refractivity contribution in [3.8, 4) is 0 Å². The molecule has 1 aromatic carbocycles. The topological polar surface area (TPSA) is 105 Å². The molecule has 37 heavy (non-hydrogen) atoms. The molecule has 0 atom stereocenters. The summed E-state index contributed by atoms with van der Waals surface area (Å²) in [6.07, 6.45) is 4.83. The summed E-state index contributed by atoms with van der Waals surface area (Å²) < 4.78 is 11.0. The Kier molecular flexibility index (Phi) is 6.50. The number of carbonyl (C=O) groups is 2. The SMILES string of the molecule is CCOC(=O)c1ccc2c(c1)C1(CCN(c3nc4c(c(=O)[nH]3)CCCC4)CC1)CN2C(=O)OC(C)(C)C. The van der Waals surface area contributed by atoms with Crippen molar-refractivity contribution in [2.45, 2.75) is 77.2 Å². The van der Waals surface area contributed by atoms with Gasteiger partial charge >= 0.3 is 12.1 Å². The molecule has 1 amide bonds. The number of aryl methyl sites for hydroxylation is 1. The molecule has 9 heteroatoms. The maximum absolute atomic E-state index is 13.2. The number of nitrogens with zero attached hydrogens (tertiary/aromatic N) is 3. The Hall–Kier alpha value is -3.36. The molecule has 2 aliphatic heterocycles. The molecule has 1 fully saturated rings. The van der Waals surface area contributed by atoms with Gasteiger partial charge in [-0.1, -0.05) is 0 Å². The Bertz CT molecular complexity index is 1270. The van der Waals surface area contributed by atoms with Gasteiger partial charge in [-0.3, -0.25) is 14.7 Å². The third-order valence-electron chi connectivity index (χ3n) is 7.64. The van der Waals surface area contributed by atoms with Crippen LogP contribution in [0.1, 0.15) is 80.6 Å². The number of ether oxygens (including phenoxy) is 2. The standard InChI is InChI=1S/C28H36N4O5/c1-5-36-24(34)18-10-11-22-20(16-18)28(17-32(22)26(35)37-27(2,3)4)12-14-31(15-13-28)25-29-21-9-7-6-8-19(21)23(33)30-25/h10-11,16H,5-9,12-15,17H2,1-4H3,(H,29,30,33). The van der Waals surface area contributed by atoms with Gasteiger partial charge in [0.1, 0.15) is 5.60 Å². The summed E-state index contributed by atoms with van der Waals surface area (Å²) in [6.45, 7) is 9.47. The zero-order valence-electron chi connectivity index (χ0n) is 22.2. The number of rotatable bonds is 3. The second-order valence-corrected chi connectivity index (χ2v) is 11.3. The van der Waals surface area contributed by atoms with Crippen LogP contribution in [0.2, 0.25) is 0 Å². The molecule has 1 N–H and O–H groups in total. The van der Waals surface area contributed by atoms with Gasteiger partial charge in [-0.2, -0.15) is 0 Å². The number of piperidine rings is 1. The largest absolute Gasteiger partial charge is 0.462 e. The Labute approximate surface area is 217 Å². The molecule has 198 valence electrons. The van der Waals surface area contributed by atoms with E-state index in [0.29, 0.717) is 37.8 Å². The van der Waals surface area contributed by atoms with E-state index in [0.717, 1.165) is 61.0 Å². The van der Waals surface area contributed by atoms with Gasteiger partial charge in [-0.05, 0) is 90.0 Å². The molecule has 1 aromatic heterocycles. The maximum atomic E-state index is 13.2. The molecule has 5 rings (SSSR count). The lowest BCUT2D eigenvalue weighted by molar-refractivity contribution is 0.0524. The second-order valence-electron chi connectivity index (χ2n) is 11.3. The lowest BCUT2D eigenvalue weighted by Gasteiger charge is -2.40. The van der Waals surface area contributed by atoms with E-state index >= 15 is 0 Å². The van der Waals surface area contributed by atoms with Crippen LogP contribution >= 0.6 is 0 Å². The summed E-state index contributed by atoms with van der Waals surface area (Å²) >= 11 is 0.